The Balaban J connectivity index is 0.00000256. The van der Waals surface area contributed by atoms with Crippen molar-refractivity contribution in [2.24, 2.45) is 10.7 Å². The maximum absolute atomic E-state index is 5.80. The first-order chi connectivity index (χ1) is 7.69. The van der Waals surface area contributed by atoms with E-state index in [0.717, 1.165) is 11.3 Å². The van der Waals surface area contributed by atoms with Crippen molar-refractivity contribution < 1.29 is 4.74 Å². The van der Waals surface area contributed by atoms with Crippen LogP contribution in [-0.2, 0) is 6.54 Å². The number of aliphatic imine (C=N–C) groups is 1. The fourth-order valence-electron chi connectivity index (χ4n) is 1.45. The number of rotatable bonds is 4. The number of hydrogen-bond acceptors (Lipinski definition) is 2. The molecule has 0 aromatic heterocycles. The summed E-state index contributed by atoms with van der Waals surface area (Å²) in [6, 6.07) is 7.90. The molecule has 0 aliphatic rings. The molecule has 0 fully saturated rings. The highest BCUT2D eigenvalue weighted by Gasteiger charge is 2.06. The van der Waals surface area contributed by atoms with Gasteiger partial charge in [0.1, 0.15) is 5.75 Å². The van der Waals surface area contributed by atoms with E-state index in [9.17, 15) is 0 Å². The summed E-state index contributed by atoms with van der Waals surface area (Å²) >= 11 is 0. The molecular formula is C12H20IN3O. The lowest BCUT2D eigenvalue weighted by molar-refractivity contribution is 0.397. The zero-order valence-electron chi connectivity index (χ0n) is 10.5. The summed E-state index contributed by atoms with van der Waals surface area (Å²) in [5, 5.41) is 0. The van der Waals surface area contributed by atoms with E-state index < -0.39 is 0 Å². The molecule has 4 nitrogen and oxygen atoms in total. The Morgan fingerprint density at radius 3 is 2.65 bits per heavy atom. The van der Waals surface area contributed by atoms with E-state index in [1.54, 1.807) is 7.11 Å². The van der Waals surface area contributed by atoms with E-state index in [1.165, 1.54) is 0 Å². The minimum atomic E-state index is 0. The van der Waals surface area contributed by atoms with Crippen molar-refractivity contribution >= 4 is 29.9 Å². The molecule has 1 rings (SSSR count). The van der Waals surface area contributed by atoms with Crippen LogP contribution in [-0.4, -0.2) is 31.6 Å². The minimum absolute atomic E-state index is 0. The molecule has 2 N–H and O–H groups in total. The number of methoxy groups -OCH3 is 1. The second-order valence-corrected chi connectivity index (χ2v) is 3.50. The number of halogens is 1. The van der Waals surface area contributed by atoms with Crippen molar-refractivity contribution in [3.63, 3.8) is 0 Å². The number of nitrogens with zero attached hydrogens (tertiary/aromatic N) is 2. The van der Waals surface area contributed by atoms with Crippen LogP contribution in [0.15, 0.2) is 29.3 Å². The highest BCUT2D eigenvalue weighted by atomic mass is 127. The first kappa shape index (κ1) is 16.0. The zero-order chi connectivity index (χ0) is 12.0. The second kappa shape index (κ2) is 8.16. The average molecular weight is 349 g/mol. The van der Waals surface area contributed by atoms with Gasteiger partial charge in [0.05, 0.1) is 7.11 Å². The van der Waals surface area contributed by atoms with Gasteiger partial charge in [-0.1, -0.05) is 18.2 Å². The molecule has 0 amide bonds. The predicted octanol–water partition coefficient (Wildman–Crippen LogP) is 2.08. The van der Waals surface area contributed by atoms with Crippen LogP contribution in [0.1, 0.15) is 12.5 Å². The van der Waals surface area contributed by atoms with Gasteiger partial charge in [-0.25, -0.2) is 0 Å². The number of guanidine groups is 1. The Hall–Kier alpha value is -0.980. The third-order valence-electron chi connectivity index (χ3n) is 2.31. The Morgan fingerprint density at radius 1 is 1.41 bits per heavy atom. The van der Waals surface area contributed by atoms with Gasteiger partial charge in [0.25, 0.3) is 0 Å². The molecule has 0 saturated heterocycles. The van der Waals surface area contributed by atoms with E-state index in [1.807, 2.05) is 43.1 Å². The molecule has 0 bridgehead atoms. The van der Waals surface area contributed by atoms with Crippen LogP contribution < -0.4 is 10.5 Å². The molecule has 5 heteroatoms. The SMILES string of the molecule is CCN=C(N)N(C)Cc1ccccc1OC.I. The predicted molar refractivity (Wildman–Crippen MR) is 82.0 cm³/mol. The van der Waals surface area contributed by atoms with E-state index in [-0.39, 0.29) is 24.0 Å². The number of ether oxygens (including phenoxy) is 1. The fraction of sp³-hybridized carbons (Fsp3) is 0.417. The highest BCUT2D eigenvalue weighted by molar-refractivity contribution is 14.0. The maximum atomic E-state index is 5.80. The number of benzene rings is 1. The smallest absolute Gasteiger partial charge is 0.191 e. The molecular weight excluding hydrogens is 329 g/mol. The summed E-state index contributed by atoms with van der Waals surface area (Å²) in [6.07, 6.45) is 0. The Kier molecular flexibility index (Phi) is 7.69. The molecule has 0 atom stereocenters. The lowest BCUT2D eigenvalue weighted by Crippen LogP contribution is -2.33. The standard InChI is InChI=1S/C12H19N3O.HI/c1-4-14-12(13)15(2)9-10-7-5-6-8-11(10)16-3;/h5-8H,4,9H2,1-3H3,(H2,13,14);1H. The number of hydrogen-bond donors (Lipinski definition) is 1. The number of nitrogens with two attached hydrogens (primary N) is 1. The van der Waals surface area contributed by atoms with Gasteiger partial charge in [0.15, 0.2) is 5.96 Å². The molecule has 1 aromatic rings. The van der Waals surface area contributed by atoms with Gasteiger partial charge in [0, 0.05) is 25.7 Å². The Morgan fingerprint density at radius 2 is 2.06 bits per heavy atom. The molecule has 0 aliphatic heterocycles. The molecule has 96 valence electrons. The van der Waals surface area contributed by atoms with Crippen molar-refractivity contribution in [1.29, 1.82) is 0 Å². The normalized spacial score (nSPS) is 10.6. The first-order valence-electron chi connectivity index (χ1n) is 5.32. The van der Waals surface area contributed by atoms with Crippen LogP contribution in [0.25, 0.3) is 0 Å². The fourth-order valence-corrected chi connectivity index (χ4v) is 1.45. The summed E-state index contributed by atoms with van der Waals surface area (Å²) < 4.78 is 5.28. The van der Waals surface area contributed by atoms with Crippen molar-refractivity contribution in [2.75, 3.05) is 20.7 Å². The van der Waals surface area contributed by atoms with Gasteiger partial charge < -0.3 is 15.4 Å². The van der Waals surface area contributed by atoms with E-state index >= 15 is 0 Å². The van der Waals surface area contributed by atoms with E-state index in [0.29, 0.717) is 19.0 Å². The molecule has 1 aromatic carbocycles. The molecule has 0 aliphatic carbocycles. The van der Waals surface area contributed by atoms with Crippen molar-refractivity contribution in [1.82, 2.24) is 4.90 Å². The molecule has 0 spiro atoms. The highest BCUT2D eigenvalue weighted by Crippen LogP contribution is 2.18. The summed E-state index contributed by atoms with van der Waals surface area (Å²) in [5.41, 5.74) is 6.90. The second-order valence-electron chi connectivity index (χ2n) is 3.50. The van der Waals surface area contributed by atoms with Crippen LogP contribution in [0.5, 0.6) is 5.75 Å². The maximum Gasteiger partial charge on any atom is 0.191 e. The van der Waals surface area contributed by atoms with Gasteiger partial charge in [-0.3, -0.25) is 4.99 Å². The lowest BCUT2D eigenvalue weighted by Gasteiger charge is -2.19. The van der Waals surface area contributed by atoms with Crippen LogP contribution in [0.3, 0.4) is 0 Å². The third-order valence-corrected chi connectivity index (χ3v) is 2.31. The van der Waals surface area contributed by atoms with Crippen LogP contribution in [0.4, 0.5) is 0 Å². The molecule has 0 radical (unpaired) electrons. The Bertz CT molecular complexity index is 369. The molecule has 0 heterocycles. The monoisotopic (exact) mass is 349 g/mol. The molecule has 0 saturated carbocycles. The van der Waals surface area contributed by atoms with Gasteiger partial charge in [-0.15, -0.1) is 24.0 Å². The Labute approximate surface area is 120 Å². The van der Waals surface area contributed by atoms with Crippen LogP contribution in [0, 0.1) is 0 Å². The number of para-hydroxylation sites is 1. The van der Waals surface area contributed by atoms with E-state index in [4.69, 9.17) is 10.5 Å². The van der Waals surface area contributed by atoms with Gasteiger partial charge >= 0.3 is 0 Å². The zero-order valence-corrected chi connectivity index (χ0v) is 12.8. The van der Waals surface area contributed by atoms with E-state index in [2.05, 4.69) is 4.99 Å². The summed E-state index contributed by atoms with van der Waals surface area (Å²) in [6.45, 7) is 3.35. The third kappa shape index (κ3) is 4.80. The molecule has 0 unspecified atom stereocenters. The average Bonchev–Trinajstić information content (AvgIpc) is 2.30. The quantitative estimate of drug-likeness (QED) is 0.515. The summed E-state index contributed by atoms with van der Waals surface area (Å²) in [5.74, 6) is 1.42. The van der Waals surface area contributed by atoms with Gasteiger partial charge in [-0.05, 0) is 13.0 Å². The topological polar surface area (TPSA) is 50.8 Å². The van der Waals surface area contributed by atoms with Crippen molar-refractivity contribution in [3.05, 3.63) is 29.8 Å². The van der Waals surface area contributed by atoms with Crippen molar-refractivity contribution in [3.8, 4) is 5.75 Å². The van der Waals surface area contributed by atoms with Crippen molar-refractivity contribution in [2.45, 2.75) is 13.5 Å². The lowest BCUT2D eigenvalue weighted by atomic mass is 10.2. The summed E-state index contributed by atoms with van der Waals surface area (Å²) in [4.78, 5) is 6.06. The van der Waals surface area contributed by atoms with Gasteiger partial charge in [-0.2, -0.15) is 0 Å². The van der Waals surface area contributed by atoms with Gasteiger partial charge in [0.2, 0.25) is 0 Å². The minimum Gasteiger partial charge on any atom is -0.496 e. The molecule has 17 heavy (non-hydrogen) atoms. The van der Waals surface area contributed by atoms with Crippen LogP contribution in [0.2, 0.25) is 0 Å². The summed E-state index contributed by atoms with van der Waals surface area (Å²) in [7, 11) is 3.59. The first-order valence-corrected chi connectivity index (χ1v) is 5.32. The van der Waals surface area contributed by atoms with Crippen LogP contribution >= 0.6 is 24.0 Å². The largest absolute Gasteiger partial charge is 0.496 e.